The van der Waals surface area contributed by atoms with E-state index in [1.807, 2.05) is 0 Å². The Balaban J connectivity index is 1.73. The molecule has 2 aromatic carbocycles. The molecule has 29 heavy (non-hydrogen) atoms. The zero-order valence-corrected chi connectivity index (χ0v) is 16.8. The van der Waals surface area contributed by atoms with Crippen LogP contribution in [0.15, 0.2) is 36.4 Å². The van der Waals surface area contributed by atoms with Gasteiger partial charge in [0.05, 0.1) is 16.5 Å². The first-order valence-corrected chi connectivity index (χ1v) is 11.0. The lowest BCUT2D eigenvalue weighted by molar-refractivity contribution is 0.327. The summed E-state index contributed by atoms with van der Waals surface area (Å²) in [5, 5.41) is -0.107. The highest BCUT2D eigenvalue weighted by atomic mass is 32.2. The number of benzene rings is 2. The third kappa shape index (κ3) is 3.67. The summed E-state index contributed by atoms with van der Waals surface area (Å²) < 4.78 is 68.5. The Hall–Kier alpha value is -2.32. The maximum atomic E-state index is 14.4. The van der Waals surface area contributed by atoms with Crippen LogP contribution in [0.4, 0.5) is 13.2 Å². The molecule has 1 heterocycles. The minimum absolute atomic E-state index is 0.0788. The molecule has 1 aliphatic rings. The van der Waals surface area contributed by atoms with Crippen LogP contribution in [0.1, 0.15) is 38.2 Å². The van der Waals surface area contributed by atoms with E-state index >= 15 is 0 Å². The van der Waals surface area contributed by atoms with E-state index in [0.717, 1.165) is 11.6 Å². The predicted molar refractivity (Wildman–Crippen MR) is 107 cm³/mol. The standard InChI is InChI=1S/C21H21F3N2O2S/c1-11(2)29(27,28)26-16-7-13(8-16)19-17-9-15(23)10-18(24)21(17)25-20(19)12-3-5-14(22)6-4-12/h3-6,9-11,13,16,25-26H,7-8H2,1-2H3/t13-,16-. The Bertz CT molecular complexity index is 1160. The fourth-order valence-electron chi connectivity index (χ4n) is 3.83. The number of fused-ring (bicyclic) bond motifs is 1. The van der Waals surface area contributed by atoms with Crippen LogP contribution in [0.25, 0.3) is 22.2 Å². The molecule has 0 unspecified atom stereocenters. The fraction of sp³-hybridized carbons (Fsp3) is 0.333. The number of rotatable bonds is 5. The number of hydrogen-bond donors (Lipinski definition) is 2. The molecular formula is C21H21F3N2O2S. The normalized spacial score (nSPS) is 19.7. The van der Waals surface area contributed by atoms with Gasteiger partial charge in [0.15, 0.2) is 0 Å². The van der Waals surface area contributed by atoms with E-state index in [1.54, 1.807) is 26.0 Å². The van der Waals surface area contributed by atoms with E-state index in [9.17, 15) is 21.6 Å². The number of hydrogen-bond acceptors (Lipinski definition) is 2. The third-order valence-corrected chi connectivity index (χ3v) is 7.40. The predicted octanol–water partition coefficient (Wildman–Crippen LogP) is 4.83. The average molecular weight is 422 g/mol. The molecule has 0 spiro atoms. The summed E-state index contributed by atoms with van der Waals surface area (Å²) in [4.78, 5) is 3.02. The van der Waals surface area contributed by atoms with Crippen LogP contribution >= 0.6 is 0 Å². The van der Waals surface area contributed by atoms with Gasteiger partial charge in [0.1, 0.15) is 17.5 Å². The first-order chi connectivity index (χ1) is 13.7. The van der Waals surface area contributed by atoms with Gasteiger partial charge >= 0.3 is 0 Å². The number of halogens is 3. The van der Waals surface area contributed by atoms with Gasteiger partial charge in [0.25, 0.3) is 0 Å². The van der Waals surface area contributed by atoms with Crippen LogP contribution in [0.3, 0.4) is 0 Å². The number of nitrogens with one attached hydrogen (secondary N) is 2. The van der Waals surface area contributed by atoms with Crippen LogP contribution in [0.5, 0.6) is 0 Å². The van der Waals surface area contributed by atoms with Gasteiger partial charge in [-0.2, -0.15) is 0 Å². The van der Waals surface area contributed by atoms with Gasteiger partial charge in [0, 0.05) is 17.5 Å². The van der Waals surface area contributed by atoms with Crippen molar-refractivity contribution in [2.45, 2.75) is 43.9 Å². The third-order valence-electron chi connectivity index (χ3n) is 5.50. The lowest BCUT2D eigenvalue weighted by Gasteiger charge is -2.36. The molecule has 1 aromatic heterocycles. The highest BCUT2D eigenvalue weighted by molar-refractivity contribution is 7.90. The van der Waals surface area contributed by atoms with Gasteiger partial charge in [-0.25, -0.2) is 26.3 Å². The zero-order chi connectivity index (χ0) is 20.9. The summed E-state index contributed by atoms with van der Waals surface area (Å²) in [5.41, 5.74) is 2.17. The largest absolute Gasteiger partial charge is 0.352 e. The highest BCUT2D eigenvalue weighted by Gasteiger charge is 2.37. The van der Waals surface area contributed by atoms with Crippen LogP contribution in [-0.2, 0) is 10.0 Å². The van der Waals surface area contributed by atoms with Crippen molar-refractivity contribution in [2.24, 2.45) is 0 Å². The van der Waals surface area contributed by atoms with Crippen molar-refractivity contribution >= 4 is 20.9 Å². The van der Waals surface area contributed by atoms with E-state index in [1.165, 1.54) is 18.2 Å². The lowest BCUT2D eigenvalue weighted by Crippen LogP contribution is -2.45. The Kier molecular flexibility index (Phi) is 4.94. The number of aromatic amines is 1. The molecule has 1 saturated carbocycles. The van der Waals surface area contributed by atoms with Gasteiger partial charge in [0.2, 0.25) is 10.0 Å². The van der Waals surface area contributed by atoms with Gasteiger partial charge in [-0.05, 0) is 74.1 Å². The molecule has 0 radical (unpaired) electrons. The first kappa shape index (κ1) is 20.0. The average Bonchev–Trinajstić information content (AvgIpc) is 2.97. The smallest absolute Gasteiger partial charge is 0.214 e. The molecule has 0 amide bonds. The molecule has 3 aromatic rings. The van der Waals surface area contributed by atoms with Crippen LogP contribution < -0.4 is 4.72 Å². The van der Waals surface area contributed by atoms with E-state index in [4.69, 9.17) is 0 Å². The van der Waals surface area contributed by atoms with Crippen molar-refractivity contribution in [3.63, 3.8) is 0 Å². The maximum Gasteiger partial charge on any atom is 0.214 e. The van der Waals surface area contributed by atoms with Gasteiger partial charge in [-0.1, -0.05) is 0 Å². The molecule has 4 rings (SSSR count). The van der Waals surface area contributed by atoms with Crippen molar-refractivity contribution in [1.82, 2.24) is 9.71 Å². The maximum absolute atomic E-state index is 14.4. The Morgan fingerprint density at radius 3 is 2.31 bits per heavy atom. The quantitative estimate of drug-likeness (QED) is 0.619. The van der Waals surface area contributed by atoms with Crippen molar-refractivity contribution < 1.29 is 21.6 Å². The summed E-state index contributed by atoms with van der Waals surface area (Å²) >= 11 is 0. The summed E-state index contributed by atoms with van der Waals surface area (Å²) in [7, 11) is -3.39. The molecular weight excluding hydrogens is 401 g/mol. The van der Waals surface area contributed by atoms with E-state index in [2.05, 4.69) is 9.71 Å². The van der Waals surface area contributed by atoms with Crippen molar-refractivity contribution in [2.75, 3.05) is 0 Å². The molecule has 0 aliphatic heterocycles. The molecule has 1 fully saturated rings. The monoisotopic (exact) mass is 422 g/mol. The fourth-order valence-corrected chi connectivity index (χ4v) is 4.76. The zero-order valence-electron chi connectivity index (χ0n) is 16.0. The summed E-state index contributed by atoms with van der Waals surface area (Å²) in [6.45, 7) is 3.21. The molecule has 0 bridgehead atoms. The number of sulfonamides is 1. The number of aromatic nitrogens is 1. The minimum Gasteiger partial charge on any atom is -0.352 e. The second-order valence-corrected chi connectivity index (χ2v) is 10.1. The summed E-state index contributed by atoms with van der Waals surface area (Å²) in [5.74, 6) is -1.86. The molecule has 4 nitrogen and oxygen atoms in total. The van der Waals surface area contributed by atoms with Gasteiger partial charge < -0.3 is 4.98 Å². The molecule has 0 atom stereocenters. The first-order valence-electron chi connectivity index (χ1n) is 9.43. The lowest BCUT2D eigenvalue weighted by atomic mass is 9.74. The van der Waals surface area contributed by atoms with Crippen LogP contribution in [-0.4, -0.2) is 24.7 Å². The van der Waals surface area contributed by atoms with Crippen LogP contribution in [0, 0.1) is 17.5 Å². The molecule has 154 valence electrons. The van der Waals surface area contributed by atoms with Gasteiger partial charge in [-0.3, -0.25) is 0 Å². The molecule has 2 N–H and O–H groups in total. The Labute approximate surface area is 167 Å². The number of H-pyrrole nitrogens is 1. The molecule has 8 heteroatoms. The highest BCUT2D eigenvalue weighted by Crippen LogP contribution is 2.45. The van der Waals surface area contributed by atoms with Gasteiger partial charge in [-0.15, -0.1) is 0 Å². The molecule has 1 aliphatic carbocycles. The van der Waals surface area contributed by atoms with Crippen molar-refractivity contribution in [1.29, 1.82) is 0 Å². The van der Waals surface area contributed by atoms with E-state index in [0.29, 0.717) is 29.5 Å². The minimum atomic E-state index is -3.39. The Morgan fingerprint density at radius 2 is 1.69 bits per heavy atom. The second kappa shape index (κ2) is 7.18. The van der Waals surface area contributed by atoms with E-state index in [-0.39, 0.29) is 17.5 Å². The van der Waals surface area contributed by atoms with Crippen molar-refractivity contribution in [3.8, 4) is 11.3 Å². The van der Waals surface area contributed by atoms with Crippen molar-refractivity contribution in [3.05, 3.63) is 59.4 Å². The topological polar surface area (TPSA) is 62.0 Å². The molecule has 0 saturated heterocycles. The van der Waals surface area contributed by atoms with Crippen LogP contribution in [0.2, 0.25) is 0 Å². The Morgan fingerprint density at radius 1 is 1.03 bits per heavy atom. The summed E-state index contributed by atoms with van der Waals surface area (Å²) in [6.07, 6.45) is 1.04. The summed E-state index contributed by atoms with van der Waals surface area (Å²) in [6, 6.07) is 7.64. The second-order valence-electron chi connectivity index (χ2n) is 7.81. The SMILES string of the molecule is CC(C)S(=O)(=O)N[C@H]1C[C@H](c2c(-c3ccc(F)cc3)[nH]c3c(F)cc(F)cc32)C1. The van der Waals surface area contributed by atoms with E-state index < -0.39 is 32.7 Å².